The predicted molar refractivity (Wildman–Crippen MR) is 91.8 cm³/mol. The van der Waals surface area contributed by atoms with Crippen molar-refractivity contribution in [1.82, 2.24) is 15.1 Å². The van der Waals surface area contributed by atoms with Crippen molar-refractivity contribution in [1.29, 1.82) is 5.26 Å². The van der Waals surface area contributed by atoms with E-state index in [-0.39, 0.29) is 0 Å². The molecular weight excluding hydrogens is 294 g/mol. The van der Waals surface area contributed by atoms with Crippen molar-refractivity contribution in [2.75, 3.05) is 33.2 Å². The van der Waals surface area contributed by atoms with Gasteiger partial charge < -0.3 is 20.9 Å². The second-order valence-corrected chi connectivity index (χ2v) is 5.74. The SMILES string of the molecule is CN1CCN(/C(N)=C(\C#N)C(=S)NCc2ccccc2)CC1. The Labute approximate surface area is 137 Å². The Kier molecular flexibility index (Phi) is 5.75. The Bertz CT molecular complexity index is 582. The summed E-state index contributed by atoms with van der Waals surface area (Å²) in [7, 11) is 2.08. The zero-order valence-electron chi connectivity index (χ0n) is 12.7. The Balaban J connectivity index is 2.01. The monoisotopic (exact) mass is 315 g/mol. The summed E-state index contributed by atoms with van der Waals surface area (Å²) in [6.07, 6.45) is 0. The lowest BCUT2D eigenvalue weighted by Gasteiger charge is -2.34. The number of nitrogens with two attached hydrogens (primary N) is 1. The fourth-order valence-electron chi connectivity index (χ4n) is 2.30. The lowest BCUT2D eigenvalue weighted by Crippen LogP contribution is -2.46. The van der Waals surface area contributed by atoms with Gasteiger partial charge in [0.2, 0.25) is 0 Å². The van der Waals surface area contributed by atoms with Crippen molar-refractivity contribution in [3.8, 4) is 6.07 Å². The number of nitrogens with zero attached hydrogens (tertiary/aromatic N) is 3. The van der Waals surface area contributed by atoms with Crippen LogP contribution in [0.1, 0.15) is 5.56 Å². The van der Waals surface area contributed by atoms with E-state index in [1.54, 1.807) is 0 Å². The van der Waals surface area contributed by atoms with Crippen LogP contribution in [0.3, 0.4) is 0 Å². The Hall–Kier alpha value is -2.10. The molecule has 1 aromatic carbocycles. The van der Waals surface area contributed by atoms with E-state index in [9.17, 15) is 5.26 Å². The molecule has 1 aliphatic rings. The lowest BCUT2D eigenvalue weighted by atomic mass is 10.2. The number of benzene rings is 1. The van der Waals surface area contributed by atoms with Crippen LogP contribution >= 0.6 is 12.2 Å². The van der Waals surface area contributed by atoms with E-state index in [0.29, 0.717) is 22.9 Å². The fourth-order valence-corrected chi connectivity index (χ4v) is 2.52. The van der Waals surface area contributed by atoms with Crippen LogP contribution in [-0.4, -0.2) is 48.0 Å². The zero-order chi connectivity index (χ0) is 15.9. The van der Waals surface area contributed by atoms with Gasteiger partial charge in [-0.3, -0.25) is 0 Å². The molecule has 0 bridgehead atoms. The molecule has 0 spiro atoms. The molecule has 0 saturated carbocycles. The van der Waals surface area contributed by atoms with Crippen LogP contribution in [-0.2, 0) is 6.54 Å². The van der Waals surface area contributed by atoms with Crippen LogP contribution in [0.4, 0.5) is 0 Å². The summed E-state index contributed by atoms with van der Waals surface area (Å²) >= 11 is 5.33. The van der Waals surface area contributed by atoms with Crippen molar-refractivity contribution in [3.05, 3.63) is 47.3 Å². The van der Waals surface area contributed by atoms with E-state index in [1.807, 2.05) is 35.2 Å². The quantitative estimate of drug-likeness (QED) is 0.492. The molecule has 116 valence electrons. The molecule has 1 aromatic rings. The normalized spacial score (nSPS) is 16.6. The maximum absolute atomic E-state index is 9.39. The molecular formula is C16H21N5S. The summed E-state index contributed by atoms with van der Waals surface area (Å²) in [4.78, 5) is 4.67. The molecule has 0 radical (unpaired) electrons. The number of rotatable bonds is 4. The minimum atomic E-state index is 0.357. The standard InChI is InChI=1S/C16H21N5S/c1-20-7-9-21(10-8-20)15(18)14(11-17)16(22)19-12-13-5-3-2-4-6-13/h2-6H,7-10,12,18H2,1H3,(H,19,22)/b15-14+. The van der Waals surface area contributed by atoms with Crippen molar-refractivity contribution >= 4 is 17.2 Å². The number of nitriles is 1. The molecule has 5 nitrogen and oxygen atoms in total. The van der Waals surface area contributed by atoms with Crippen molar-refractivity contribution in [2.24, 2.45) is 5.73 Å². The molecule has 2 rings (SSSR count). The van der Waals surface area contributed by atoms with Gasteiger partial charge in [0.05, 0.1) is 0 Å². The molecule has 0 aromatic heterocycles. The minimum absolute atomic E-state index is 0.357. The summed E-state index contributed by atoms with van der Waals surface area (Å²) in [6.45, 7) is 4.08. The van der Waals surface area contributed by atoms with Gasteiger partial charge in [0.1, 0.15) is 22.5 Å². The molecule has 1 heterocycles. The topological polar surface area (TPSA) is 68.3 Å². The van der Waals surface area contributed by atoms with Gasteiger partial charge in [0.25, 0.3) is 0 Å². The van der Waals surface area contributed by atoms with Gasteiger partial charge in [-0.25, -0.2) is 0 Å². The molecule has 0 aliphatic carbocycles. The summed E-state index contributed by atoms with van der Waals surface area (Å²) in [5, 5.41) is 12.5. The number of nitrogens with one attached hydrogen (secondary N) is 1. The van der Waals surface area contributed by atoms with Gasteiger partial charge in [0.15, 0.2) is 0 Å². The second-order valence-electron chi connectivity index (χ2n) is 5.33. The van der Waals surface area contributed by atoms with Crippen LogP contribution in [0.15, 0.2) is 41.7 Å². The number of thiocarbonyl (C=S) groups is 1. The van der Waals surface area contributed by atoms with E-state index < -0.39 is 0 Å². The van der Waals surface area contributed by atoms with E-state index in [4.69, 9.17) is 18.0 Å². The first-order valence-corrected chi connectivity index (χ1v) is 7.68. The minimum Gasteiger partial charge on any atom is -0.384 e. The smallest absolute Gasteiger partial charge is 0.126 e. The van der Waals surface area contributed by atoms with Gasteiger partial charge in [0, 0.05) is 32.7 Å². The summed E-state index contributed by atoms with van der Waals surface area (Å²) < 4.78 is 0. The fraction of sp³-hybridized carbons (Fsp3) is 0.375. The van der Waals surface area contributed by atoms with E-state index in [0.717, 1.165) is 31.7 Å². The molecule has 1 fully saturated rings. The Morgan fingerprint density at radius 1 is 1.27 bits per heavy atom. The maximum Gasteiger partial charge on any atom is 0.126 e. The van der Waals surface area contributed by atoms with Gasteiger partial charge >= 0.3 is 0 Å². The third kappa shape index (κ3) is 4.20. The van der Waals surface area contributed by atoms with Gasteiger partial charge in [-0.05, 0) is 12.6 Å². The number of likely N-dealkylation sites (N-methyl/N-ethyl adjacent to an activating group) is 1. The average Bonchev–Trinajstić information content (AvgIpc) is 2.55. The van der Waals surface area contributed by atoms with Crippen LogP contribution < -0.4 is 11.1 Å². The van der Waals surface area contributed by atoms with Crippen molar-refractivity contribution in [2.45, 2.75) is 6.54 Å². The Morgan fingerprint density at radius 2 is 1.91 bits per heavy atom. The second kappa shape index (κ2) is 7.78. The van der Waals surface area contributed by atoms with Gasteiger partial charge in [-0.2, -0.15) is 5.26 Å². The van der Waals surface area contributed by atoms with E-state index >= 15 is 0 Å². The number of piperazine rings is 1. The van der Waals surface area contributed by atoms with E-state index in [2.05, 4.69) is 23.3 Å². The summed E-state index contributed by atoms with van der Waals surface area (Å²) in [5.41, 5.74) is 7.62. The first-order chi connectivity index (χ1) is 10.6. The highest BCUT2D eigenvalue weighted by Gasteiger charge is 2.19. The first-order valence-electron chi connectivity index (χ1n) is 7.27. The average molecular weight is 315 g/mol. The molecule has 6 heteroatoms. The summed E-state index contributed by atoms with van der Waals surface area (Å²) in [5.74, 6) is 0.473. The van der Waals surface area contributed by atoms with Crippen LogP contribution in [0.5, 0.6) is 0 Å². The third-order valence-corrected chi connectivity index (χ3v) is 4.08. The summed E-state index contributed by atoms with van der Waals surface area (Å²) in [6, 6.07) is 12.1. The molecule has 0 unspecified atom stereocenters. The molecule has 1 aliphatic heterocycles. The molecule has 1 saturated heterocycles. The molecule has 3 N–H and O–H groups in total. The molecule has 22 heavy (non-hydrogen) atoms. The van der Waals surface area contributed by atoms with Crippen LogP contribution in [0.2, 0.25) is 0 Å². The van der Waals surface area contributed by atoms with E-state index in [1.165, 1.54) is 0 Å². The highest BCUT2D eigenvalue weighted by molar-refractivity contribution is 7.80. The Morgan fingerprint density at radius 3 is 2.50 bits per heavy atom. The number of hydrogen-bond donors (Lipinski definition) is 2. The van der Waals surface area contributed by atoms with Crippen molar-refractivity contribution < 1.29 is 0 Å². The van der Waals surface area contributed by atoms with Gasteiger partial charge in [-0.1, -0.05) is 42.5 Å². The lowest BCUT2D eigenvalue weighted by molar-refractivity contribution is 0.184. The van der Waals surface area contributed by atoms with Crippen LogP contribution in [0.25, 0.3) is 0 Å². The highest BCUT2D eigenvalue weighted by Crippen LogP contribution is 2.10. The zero-order valence-corrected chi connectivity index (χ0v) is 13.6. The predicted octanol–water partition coefficient (Wildman–Crippen LogP) is 1.04. The van der Waals surface area contributed by atoms with Gasteiger partial charge in [-0.15, -0.1) is 0 Å². The largest absolute Gasteiger partial charge is 0.384 e. The first kappa shape index (κ1) is 16.3. The van der Waals surface area contributed by atoms with Crippen LogP contribution in [0, 0.1) is 11.3 Å². The van der Waals surface area contributed by atoms with Crippen molar-refractivity contribution in [3.63, 3.8) is 0 Å². The maximum atomic E-state index is 9.39. The molecule has 0 amide bonds. The third-order valence-electron chi connectivity index (χ3n) is 3.73. The highest BCUT2D eigenvalue weighted by atomic mass is 32.1. The molecule has 0 atom stereocenters. The number of hydrogen-bond acceptors (Lipinski definition) is 5.